The summed E-state index contributed by atoms with van der Waals surface area (Å²) >= 11 is 6.26. The quantitative estimate of drug-likeness (QED) is 0.887. The zero-order valence-corrected chi connectivity index (χ0v) is 11.8. The molecule has 0 bridgehead atoms. The summed E-state index contributed by atoms with van der Waals surface area (Å²) in [6.45, 7) is 3.42. The maximum atomic E-state index is 11.8. The summed E-state index contributed by atoms with van der Waals surface area (Å²) in [6.07, 6.45) is 1.67. The molecule has 1 aromatic heterocycles. The Kier molecular flexibility index (Phi) is 3.92. The number of nitrogens with zero attached hydrogens (tertiary/aromatic N) is 3. The molecule has 1 amide bonds. The maximum Gasteiger partial charge on any atom is 0.239 e. The minimum absolute atomic E-state index is 0.0916. The Hall–Kier alpha value is -1.07. The van der Waals surface area contributed by atoms with Crippen molar-refractivity contribution in [3.63, 3.8) is 0 Å². The Labute approximate surface area is 112 Å². The number of hydrogen-bond donors (Lipinski definition) is 1. The van der Waals surface area contributed by atoms with E-state index >= 15 is 0 Å². The highest BCUT2D eigenvalue weighted by atomic mass is 35.5. The number of aryl methyl sites for hydroxylation is 2. The van der Waals surface area contributed by atoms with Crippen molar-refractivity contribution in [2.45, 2.75) is 32.4 Å². The molecule has 0 saturated carbocycles. The predicted molar refractivity (Wildman–Crippen MR) is 70.5 cm³/mol. The zero-order chi connectivity index (χ0) is 13.3. The summed E-state index contributed by atoms with van der Waals surface area (Å²) in [5.41, 5.74) is 1.85. The highest BCUT2D eigenvalue weighted by Gasteiger charge is 2.28. The van der Waals surface area contributed by atoms with Gasteiger partial charge in [-0.1, -0.05) is 18.5 Å². The van der Waals surface area contributed by atoms with E-state index in [-0.39, 0.29) is 11.9 Å². The fourth-order valence-electron chi connectivity index (χ4n) is 2.24. The molecule has 100 valence electrons. The average molecular weight is 271 g/mol. The van der Waals surface area contributed by atoms with Crippen molar-refractivity contribution in [2.75, 3.05) is 13.6 Å². The van der Waals surface area contributed by atoms with Crippen LogP contribution in [0, 0.1) is 0 Å². The van der Waals surface area contributed by atoms with Crippen LogP contribution >= 0.6 is 11.6 Å². The van der Waals surface area contributed by atoms with Gasteiger partial charge in [0.05, 0.1) is 22.5 Å². The molecule has 1 aliphatic rings. The first-order valence-electron chi connectivity index (χ1n) is 6.23. The molecule has 0 radical (unpaired) electrons. The van der Waals surface area contributed by atoms with E-state index in [4.69, 9.17) is 11.6 Å². The van der Waals surface area contributed by atoms with Gasteiger partial charge in [-0.3, -0.25) is 9.48 Å². The normalized spacial score (nSPS) is 19.9. The van der Waals surface area contributed by atoms with Crippen LogP contribution in [-0.2, 0) is 24.8 Å². The van der Waals surface area contributed by atoms with E-state index in [0.717, 1.165) is 30.8 Å². The van der Waals surface area contributed by atoms with E-state index in [0.29, 0.717) is 11.6 Å². The lowest BCUT2D eigenvalue weighted by Crippen LogP contribution is -2.36. The number of hydrogen-bond acceptors (Lipinski definition) is 3. The summed E-state index contributed by atoms with van der Waals surface area (Å²) in [4.78, 5) is 13.5. The van der Waals surface area contributed by atoms with Crippen LogP contribution < -0.4 is 5.32 Å². The Morgan fingerprint density at radius 2 is 2.22 bits per heavy atom. The molecule has 0 spiro atoms. The first kappa shape index (κ1) is 13.4. The standard InChI is InChI=1S/C12H19ClN4O/c1-4-8-11(13)10(17(3)15-8)7-14-9-5-6-16(2)12(9)18/h9,14H,4-7H2,1-3H3. The molecule has 0 aromatic carbocycles. The van der Waals surface area contributed by atoms with Crippen molar-refractivity contribution >= 4 is 17.5 Å². The van der Waals surface area contributed by atoms with Gasteiger partial charge < -0.3 is 10.2 Å². The Bertz CT molecular complexity index is 457. The summed E-state index contributed by atoms with van der Waals surface area (Å²) in [7, 11) is 3.71. The summed E-state index contributed by atoms with van der Waals surface area (Å²) in [5.74, 6) is 0.156. The molecule has 0 aliphatic carbocycles. The lowest BCUT2D eigenvalue weighted by molar-refractivity contribution is -0.128. The summed E-state index contributed by atoms with van der Waals surface area (Å²) in [5, 5.41) is 8.33. The van der Waals surface area contributed by atoms with Crippen LogP contribution in [0.25, 0.3) is 0 Å². The summed E-state index contributed by atoms with van der Waals surface area (Å²) in [6, 6.07) is -0.0916. The van der Waals surface area contributed by atoms with E-state index in [2.05, 4.69) is 10.4 Å². The van der Waals surface area contributed by atoms with E-state index in [1.807, 2.05) is 21.0 Å². The lowest BCUT2D eigenvalue weighted by Gasteiger charge is -2.12. The molecule has 1 unspecified atom stereocenters. The minimum Gasteiger partial charge on any atom is -0.344 e. The van der Waals surface area contributed by atoms with Gasteiger partial charge in [0.2, 0.25) is 5.91 Å². The number of carbonyl (C=O) groups is 1. The van der Waals surface area contributed by atoms with Gasteiger partial charge in [0.15, 0.2) is 0 Å². The molecule has 5 nitrogen and oxygen atoms in total. The van der Waals surface area contributed by atoms with Gasteiger partial charge in [-0.05, 0) is 12.8 Å². The van der Waals surface area contributed by atoms with Crippen LogP contribution in [0.4, 0.5) is 0 Å². The van der Waals surface area contributed by atoms with Crippen LogP contribution in [-0.4, -0.2) is 40.2 Å². The number of aromatic nitrogens is 2. The van der Waals surface area contributed by atoms with Crippen LogP contribution in [0.1, 0.15) is 24.7 Å². The lowest BCUT2D eigenvalue weighted by atomic mass is 10.2. The van der Waals surface area contributed by atoms with Crippen molar-refractivity contribution in [1.82, 2.24) is 20.0 Å². The largest absolute Gasteiger partial charge is 0.344 e. The number of nitrogens with one attached hydrogen (secondary N) is 1. The monoisotopic (exact) mass is 270 g/mol. The highest BCUT2D eigenvalue weighted by Crippen LogP contribution is 2.21. The number of amides is 1. The number of likely N-dealkylation sites (tertiary alicyclic amines) is 1. The fraction of sp³-hybridized carbons (Fsp3) is 0.667. The third-order valence-corrected chi connectivity index (χ3v) is 3.88. The predicted octanol–water partition coefficient (Wildman–Crippen LogP) is 0.956. The Balaban J connectivity index is 2.02. The highest BCUT2D eigenvalue weighted by molar-refractivity contribution is 6.31. The Morgan fingerprint density at radius 1 is 1.50 bits per heavy atom. The molecule has 1 aliphatic heterocycles. The molecule has 1 aromatic rings. The van der Waals surface area contributed by atoms with Gasteiger partial charge in [-0.25, -0.2) is 0 Å². The van der Waals surface area contributed by atoms with E-state index in [1.165, 1.54) is 0 Å². The average Bonchev–Trinajstić information content (AvgIpc) is 2.80. The van der Waals surface area contributed by atoms with Crippen LogP contribution in [0.5, 0.6) is 0 Å². The topological polar surface area (TPSA) is 50.2 Å². The molecule has 18 heavy (non-hydrogen) atoms. The third kappa shape index (κ3) is 2.37. The van der Waals surface area contributed by atoms with Crippen LogP contribution in [0.3, 0.4) is 0 Å². The van der Waals surface area contributed by atoms with E-state index in [9.17, 15) is 4.79 Å². The van der Waals surface area contributed by atoms with Gasteiger partial charge in [-0.15, -0.1) is 0 Å². The molecule has 1 saturated heterocycles. The minimum atomic E-state index is -0.0916. The van der Waals surface area contributed by atoms with Crippen LogP contribution in [0.2, 0.25) is 5.02 Å². The van der Waals surface area contributed by atoms with Crippen molar-refractivity contribution in [2.24, 2.45) is 7.05 Å². The molecule has 1 atom stereocenters. The van der Waals surface area contributed by atoms with Crippen molar-refractivity contribution in [3.05, 3.63) is 16.4 Å². The van der Waals surface area contributed by atoms with Crippen molar-refractivity contribution in [3.8, 4) is 0 Å². The first-order valence-corrected chi connectivity index (χ1v) is 6.61. The van der Waals surface area contributed by atoms with Gasteiger partial charge in [-0.2, -0.15) is 5.10 Å². The van der Waals surface area contributed by atoms with Crippen molar-refractivity contribution in [1.29, 1.82) is 0 Å². The van der Waals surface area contributed by atoms with Crippen LogP contribution in [0.15, 0.2) is 0 Å². The second-order valence-electron chi connectivity index (χ2n) is 4.67. The van der Waals surface area contributed by atoms with E-state index < -0.39 is 0 Å². The molecule has 1 N–H and O–H groups in total. The smallest absolute Gasteiger partial charge is 0.239 e. The Morgan fingerprint density at radius 3 is 2.72 bits per heavy atom. The van der Waals surface area contributed by atoms with Crippen molar-refractivity contribution < 1.29 is 4.79 Å². The number of rotatable bonds is 4. The van der Waals surface area contributed by atoms with Gasteiger partial charge in [0.25, 0.3) is 0 Å². The van der Waals surface area contributed by atoms with Gasteiger partial charge in [0, 0.05) is 27.2 Å². The maximum absolute atomic E-state index is 11.8. The van der Waals surface area contributed by atoms with Gasteiger partial charge >= 0.3 is 0 Å². The SMILES string of the molecule is CCc1nn(C)c(CNC2CCN(C)C2=O)c1Cl. The zero-order valence-electron chi connectivity index (χ0n) is 11.0. The number of likely N-dealkylation sites (N-methyl/N-ethyl adjacent to an activating group) is 1. The molecule has 2 heterocycles. The molecule has 1 fully saturated rings. The molecule has 2 rings (SSSR count). The second kappa shape index (κ2) is 5.28. The molecule has 6 heteroatoms. The first-order chi connectivity index (χ1) is 8.54. The number of halogens is 1. The summed E-state index contributed by atoms with van der Waals surface area (Å²) < 4.78 is 1.79. The second-order valence-corrected chi connectivity index (χ2v) is 5.04. The van der Waals surface area contributed by atoms with Gasteiger partial charge in [0.1, 0.15) is 0 Å². The number of carbonyl (C=O) groups excluding carboxylic acids is 1. The fourth-order valence-corrected chi connectivity index (χ4v) is 2.60. The third-order valence-electron chi connectivity index (χ3n) is 3.45. The molecular formula is C12H19ClN4O. The van der Waals surface area contributed by atoms with E-state index in [1.54, 1.807) is 9.58 Å². The molecular weight excluding hydrogens is 252 g/mol.